The van der Waals surface area contributed by atoms with Gasteiger partial charge in [0.15, 0.2) is 5.69 Å². The van der Waals surface area contributed by atoms with E-state index in [4.69, 9.17) is 10.5 Å². The van der Waals surface area contributed by atoms with E-state index in [-0.39, 0.29) is 11.4 Å². The fraction of sp³-hybridized carbons (Fsp3) is 0.308. The van der Waals surface area contributed by atoms with Gasteiger partial charge in [-0.15, -0.1) is 0 Å². The number of anilines is 1. The van der Waals surface area contributed by atoms with E-state index in [9.17, 15) is 13.2 Å². The van der Waals surface area contributed by atoms with Crippen LogP contribution in [0.1, 0.15) is 12.6 Å². The first-order valence-electron chi connectivity index (χ1n) is 5.97. The lowest BCUT2D eigenvalue weighted by atomic mass is 10.0. The minimum Gasteiger partial charge on any atom is -0.494 e. The Morgan fingerprint density at radius 3 is 2.35 bits per heavy atom. The third-order valence-electron chi connectivity index (χ3n) is 2.81. The Morgan fingerprint density at radius 1 is 1.25 bits per heavy atom. The van der Waals surface area contributed by atoms with Crippen molar-refractivity contribution < 1.29 is 17.9 Å². The molecule has 0 bridgehead atoms. The van der Waals surface area contributed by atoms with Crippen LogP contribution >= 0.6 is 0 Å². The Morgan fingerprint density at radius 2 is 1.85 bits per heavy atom. The molecule has 1 aromatic heterocycles. The van der Waals surface area contributed by atoms with Crippen LogP contribution in [0.2, 0.25) is 0 Å². The highest BCUT2D eigenvalue weighted by molar-refractivity contribution is 5.77. The summed E-state index contributed by atoms with van der Waals surface area (Å²) in [6.07, 6.45) is -4.55. The van der Waals surface area contributed by atoms with E-state index in [0.717, 1.165) is 4.68 Å². The van der Waals surface area contributed by atoms with E-state index in [1.54, 1.807) is 12.1 Å². The van der Waals surface area contributed by atoms with Crippen molar-refractivity contribution in [3.63, 3.8) is 0 Å². The molecule has 2 aromatic rings. The maximum atomic E-state index is 13.0. The molecule has 0 amide bonds. The van der Waals surface area contributed by atoms with Crippen molar-refractivity contribution in [3.8, 4) is 16.9 Å². The highest BCUT2D eigenvalue weighted by Gasteiger charge is 2.38. The SMILES string of the molecule is CCOc1ccc(-c2c(C(F)(F)F)nn(C)c2N)cc1. The molecule has 7 heteroatoms. The molecule has 0 radical (unpaired) electrons. The molecule has 2 rings (SSSR count). The molecule has 0 aliphatic rings. The zero-order valence-electron chi connectivity index (χ0n) is 11.0. The number of nitrogens with two attached hydrogens (primary N) is 1. The maximum absolute atomic E-state index is 13.0. The summed E-state index contributed by atoms with van der Waals surface area (Å²) in [5.41, 5.74) is 4.96. The van der Waals surface area contributed by atoms with Gasteiger partial charge in [-0.05, 0) is 24.6 Å². The average Bonchev–Trinajstić information content (AvgIpc) is 2.68. The van der Waals surface area contributed by atoms with Gasteiger partial charge in [0.2, 0.25) is 0 Å². The fourth-order valence-corrected chi connectivity index (χ4v) is 1.90. The van der Waals surface area contributed by atoms with Crippen LogP contribution in [0.3, 0.4) is 0 Å². The third kappa shape index (κ3) is 2.56. The summed E-state index contributed by atoms with van der Waals surface area (Å²) >= 11 is 0. The number of nitrogen functional groups attached to an aromatic ring is 1. The van der Waals surface area contributed by atoms with E-state index in [2.05, 4.69) is 5.10 Å². The molecule has 0 unspecified atom stereocenters. The fourth-order valence-electron chi connectivity index (χ4n) is 1.90. The van der Waals surface area contributed by atoms with Crippen LogP contribution in [0.15, 0.2) is 24.3 Å². The lowest BCUT2D eigenvalue weighted by Crippen LogP contribution is -2.08. The molecule has 1 aromatic carbocycles. The van der Waals surface area contributed by atoms with E-state index in [1.807, 2.05) is 6.92 Å². The van der Waals surface area contributed by atoms with Gasteiger partial charge >= 0.3 is 6.18 Å². The second kappa shape index (κ2) is 5.07. The molecule has 4 nitrogen and oxygen atoms in total. The molecule has 0 aliphatic carbocycles. The third-order valence-corrected chi connectivity index (χ3v) is 2.81. The van der Waals surface area contributed by atoms with E-state index < -0.39 is 11.9 Å². The van der Waals surface area contributed by atoms with Crippen LogP contribution in [0.5, 0.6) is 5.75 Å². The number of alkyl halides is 3. The van der Waals surface area contributed by atoms with Gasteiger partial charge in [0.25, 0.3) is 0 Å². The number of ether oxygens (including phenoxy) is 1. The maximum Gasteiger partial charge on any atom is 0.435 e. The van der Waals surface area contributed by atoms with Crippen LogP contribution in [-0.4, -0.2) is 16.4 Å². The Labute approximate surface area is 114 Å². The lowest BCUT2D eigenvalue weighted by molar-refractivity contribution is -0.140. The lowest BCUT2D eigenvalue weighted by Gasteiger charge is -2.08. The minimum atomic E-state index is -4.55. The van der Waals surface area contributed by atoms with Crippen LogP contribution in [-0.2, 0) is 13.2 Å². The van der Waals surface area contributed by atoms with Crippen molar-refractivity contribution in [2.45, 2.75) is 13.1 Å². The molecular weight excluding hydrogens is 271 g/mol. The van der Waals surface area contributed by atoms with Gasteiger partial charge in [0.05, 0.1) is 12.2 Å². The summed E-state index contributed by atoms with van der Waals surface area (Å²) in [4.78, 5) is 0. The van der Waals surface area contributed by atoms with E-state index in [0.29, 0.717) is 17.9 Å². The summed E-state index contributed by atoms with van der Waals surface area (Å²) in [6.45, 7) is 2.32. The van der Waals surface area contributed by atoms with Crippen LogP contribution in [0.4, 0.5) is 19.0 Å². The molecule has 0 atom stereocenters. The van der Waals surface area contributed by atoms with E-state index >= 15 is 0 Å². The highest BCUT2D eigenvalue weighted by Crippen LogP contribution is 2.39. The molecule has 0 saturated carbocycles. The number of halogens is 3. The summed E-state index contributed by atoms with van der Waals surface area (Å²) in [5, 5.41) is 3.45. The van der Waals surface area contributed by atoms with Crippen molar-refractivity contribution in [1.29, 1.82) is 0 Å². The molecule has 1 heterocycles. The zero-order valence-corrected chi connectivity index (χ0v) is 11.0. The second-order valence-electron chi connectivity index (χ2n) is 4.19. The van der Waals surface area contributed by atoms with Gasteiger partial charge in [-0.25, -0.2) is 0 Å². The quantitative estimate of drug-likeness (QED) is 0.942. The Kier molecular flexibility index (Phi) is 3.61. The van der Waals surface area contributed by atoms with Crippen LogP contribution < -0.4 is 10.5 Å². The normalized spacial score (nSPS) is 11.7. The van der Waals surface area contributed by atoms with Gasteiger partial charge in [-0.3, -0.25) is 4.68 Å². The molecule has 0 fully saturated rings. The van der Waals surface area contributed by atoms with Gasteiger partial charge in [0, 0.05) is 7.05 Å². The number of benzene rings is 1. The summed E-state index contributed by atoms with van der Waals surface area (Å²) in [5.74, 6) is 0.564. The molecule has 2 N–H and O–H groups in total. The zero-order chi connectivity index (χ0) is 14.9. The van der Waals surface area contributed by atoms with Crippen LogP contribution in [0.25, 0.3) is 11.1 Å². The molecule has 0 spiro atoms. The predicted molar refractivity (Wildman–Crippen MR) is 69.2 cm³/mol. The number of hydrogen-bond donors (Lipinski definition) is 1. The highest BCUT2D eigenvalue weighted by atomic mass is 19.4. The Bertz CT molecular complexity index is 603. The smallest absolute Gasteiger partial charge is 0.435 e. The molecule has 0 saturated heterocycles. The number of aromatic nitrogens is 2. The van der Waals surface area contributed by atoms with Crippen molar-refractivity contribution >= 4 is 5.82 Å². The Balaban J connectivity index is 2.51. The predicted octanol–water partition coefficient (Wildman–Crippen LogP) is 3.09. The summed E-state index contributed by atoms with van der Waals surface area (Å²) in [6, 6.07) is 6.28. The topological polar surface area (TPSA) is 53.1 Å². The Hall–Kier alpha value is -2.18. The number of aryl methyl sites for hydroxylation is 1. The van der Waals surface area contributed by atoms with Gasteiger partial charge in [-0.1, -0.05) is 12.1 Å². The molecule has 0 aliphatic heterocycles. The first-order valence-corrected chi connectivity index (χ1v) is 5.97. The molecule has 20 heavy (non-hydrogen) atoms. The van der Waals surface area contributed by atoms with Crippen molar-refractivity contribution in [2.75, 3.05) is 12.3 Å². The van der Waals surface area contributed by atoms with Gasteiger partial charge in [0.1, 0.15) is 11.6 Å². The monoisotopic (exact) mass is 285 g/mol. The van der Waals surface area contributed by atoms with Crippen molar-refractivity contribution in [3.05, 3.63) is 30.0 Å². The molecular formula is C13H14F3N3O. The van der Waals surface area contributed by atoms with E-state index in [1.165, 1.54) is 19.2 Å². The summed E-state index contributed by atoms with van der Waals surface area (Å²) in [7, 11) is 1.38. The first kappa shape index (κ1) is 14.2. The summed E-state index contributed by atoms with van der Waals surface area (Å²) < 4.78 is 45.2. The van der Waals surface area contributed by atoms with Gasteiger partial charge in [-0.2, -0.15) is 18.3 Å². The average molecular weight is 285 g/mol. The van der Waals surface area contributed by atoms with Gasteiger partial charge < -0.3 is 10.5 Å². The number of rotatable bonds is 3. The number of hydrogen-bond acceptors (Lipinski definition) is 3. The second-order valence-corrected chi connectivity index (χ2v) is 4.19. The van der Waals surface area contributed by atoms with Crippen LogP contribution in [0, 0.1) is 0 Å². The van der Waals surface area contributed by atoms with Crippen molar-refractivity contribution in [2.24, 2.45) is 7.05 Å². The standard InChI is InChI=1S/C13H14F3N3O/c1-3-20-9-6-4-8(5-7-9)10-11(13(14,15)16)18-19(2)12(10)17/h4-7H,3,17H2,1-2H3. The minimum absolute atomic E-state index is 0.0264. The van der Waals surface area contributed by atoms with Crippen molar-refractivity contribution in [1.82, 2.24) is 9.78 Å². The molecule has 108 valence electrons. The number of nitrogens with zero attached hydrogens (tertiary/aromatic N) is 2. The largest absolute Gasteiger partial charge is 0.494 e. The first-order chi connectivity index (χ1) is 9.34.